The number of likely N-dealkylation sites (tertiary alicyclic amines) is 1. The van der Waals surface area contributed by atoms with Crippen molar-refractivity contribution in [1.29, 1.82) is 0 Å². The number of carbonyl (C=O) groups excluding carboxylic acids is 1. The van der Waals surface area contributed by atoms with Gasteiger partial charge in [0, 0.05) is 24.6 Å². The highest BCUT2D eigenvalue weighted by Crippen LogP contribution is 2.34. The number of imidazole rings is 1. The lowest BCUT2D eigenvalue weighted by Crippen LogP contribution is -2.29. The third-order valence-corrected chi connectivity index (χ3v) is 5.14. The minimum absolute atomic E-state index is 0.232. The highest BCUT2D eigenvalue weighted by Gasteiger charge is 2.24. The Morgan fingerprint density at radius 1 is 1.17 bits per heavy atom. The van der Waals surface area contributed by atoms with E-state index in [9.17, 15) is 9.18 Å². The second kappa shape index (κ2) is 8.08. The Morgan fingerprint density at radius 3 is 2.59 bits per heavy atom. The maximum Gasteiger partial charge on any atom is 0.229 e. The van der Waals surface area contributed by atoms with Crippen LogP contribution in [0.4, 0.5) is 10.3 Å². The van der Waals surface area contributed by atoms with Gasteiger partial charge >= 0.3 is 0 Å². The van der Waals surface area contributed by atoms with Crippen LogP contribution in [0.2, 0.25) is 0 Å². The molecule has 0 saturated carbocycles. The van der Waals surface area contributed by atoms with Crippen molar-refractivity contribution < 1.29 is 9.18 Å². The second-order valence-corrected chi connectivity index (χ2v) is 7.38. The Morgan fingerprint density at radius 2 is 1.90 bits per heavy atom. The Balaban J connectivity index is 1.77. The Hall–Kier alpha value is -3.13. The molecule has 1 aliphatic heterocycles. The van der Waals surface area contributed by atoms with E-state index in [1.54, 1.807) is 24.4 Å². The number of halogens is 1. The molecule has 3 heterocycles. The first kappa shape index (κ1) is 19.2. The van der Waals surface area contributed by atoms with E-state index in [2.05, 4.69) is 32.2 Å². The van der Waals surface area contributed by atoms with Gasteiger partial charge in [-0.25, -0.2) is 19.3 Å². The van der Waals surface area contributed by atoms with Crippen molar-refractivity contribution in [3.05, 3.63) is 48.2 Å². The van der Waals surface area contributed by atoms with Crippen LogP contribution in [0.15, 0.2) is 36.5 Å². The number of H-pyrrole nitrogens is 1. The van der Waals surface area contributed by atoms with Crippen molar-refractivity contribution in [2.24, 2.45) is 0 Å². The number of carbonyl (C=O) groups is 1. The Bertz CT molecular complexity index is 1010. The summed E-state index contributed by atoms with van der Waals surface area (Å²) in [6, 6.07) is 8.04. The number of amides is 1. The van der Waals surface area contributed by atoms with E-state index in [4.69, 9.17) is 4.98 Å². The molecule has 1 saturated heterocycles. The van der Waals surface area contributed by atoms with Gasteiger partial charge in [-0.15, -0.1) is 0 Å². The Kier molecular flexibility index (Phi) is 5.35. The third kappa shape index (κ3) is 4.32. The van der Waals surface area contributed by atoms with Gasteiger partial charge in [-0.3, -0.25) is 10.1 Å². The van der Waals surface area contributed by atoms with Crippen molar-refractivity contribution in [3.8, 4) is 22.6 Å². The minimum atomic E-state index is -0.295. The third-order valence-electron chi connectivity index (χ3n) is 5.14. The number of hydrogen-bond acceptors (Lipinski definition) is 5. The first-order valence-electron chi connectivity index (χ1n) is 9.65. The molecule has 2 aromatic heterocycles. The number of hydrogen-bond donors (Lipinski definition) is 2. The molecule has 0 atom stereocenters. The summed E-state index contributed by atoms with van der Waals surface area (Å²) in [6.45, 7) is 3.45. The molecule has 1 aliphatic rings. The lowest BCUT2D eigenvalue weighted by molar-refractivity contribution is -0.114. The van der Waals surface area contributed by atoms with Gasteiger partial charge in [0.15, 0.2) is 0 Å². The summed E-state index contributed by atoms with van der Waals surface area (Å²) < 4.78 is 13.4. The van der Waals surface area contributed by atoms with Crippen molar-refractivity contribution in [3.63, 3.8) is 0 Å². The predicted octanol–water partition coefficient (Wildman–Crippen LogP) is 3.44. The number of piperidine rings is 1. The van der Waals surface area contributed by atoms with Gasteiger partial charge in [-0.2, -0.15) is 0 Å². The maximum atomic E-state index is 13.4. The topological polar surface area (TPSA) is 86.8 Å². The number of nitrogens with one attached hydrogen (secondary N) is 2. The SMILES string of the molecule is CC(=O)Nc1nccc(-c2[nH]c(C3CCN(C)CC3)nc2-c2ccc(F)cc2)n1. The maximum absolute atomic E-state index is 13.4. The van der Waals surface area contributed by atoms with E-state index < -0.39 is 0 Å². The summed E-state index contributed by atoms with van der Waals surface area (Å²) >= 11 is 0. The lowest BCUT2D eigenvalue weighted by Gasteiger charge is -2.27. The molecule has 7 nitrogen and oxygen atoms in total. The van der Waals surface area contributed by atoms with Gasteiger partial charge in [0.2, 0.25) is 11.9 Å². The van der Waals surface area contributed by atoms with E-state index in [0.717, 1.165) is 43.0 Å². The molecule has 2 N–H and O–H groups in total. The number of rotatable bonds is 4. The monoisotopic (exact) mass is 394 g/mol. The molecule has 0 radical (unpaired) electrons. The van der Waals surface area contributed by atoms with Crippen LogP contribution in [0.3, 0.4) is 0 Å². The largest absolute Gasteiger partial charge is 0.340 e. The molecule has 1 aromatic carbocycles. The van der Waals surface area contributed by atoms with Crippen LogP contribution in [0.1, 0.15) is 31.5 Å². The van der Waals surface area contributed by atoms with Crippen molar-refractivity contribution in [1.82, 2.24) is 24.8 Å². The van der Waals surface area contributed by atoms with E-state index in [1.165, 1.54) is 19.1 Å². The zero-order chi connectivity index (χ0) is 20.4. The fraction of sp³-hybridized carbons (Fsp3) is 0.333. The number of benzene rings is 1. The minimum Gasteiger partial charge on any atom is -0.340 e. The molecule has 8 heteroatoms. The van der Waals surface area contributed by atoms with Gasteiger partial charge in [0.05, 0.1) is 17.1 Å². The van der Waals surface area contributed by atoms with Gasteiger partial charge in [-0.1, -0.05) is 0 Å². The summed E-state index contributed by atoms with van der Waals surface area (Å²) in [4.78, 5) is 30.6. The number of nitrogens with zero attached hydrogens (tertiary/aromatic N) is 4. The molecule has 0 bridgehead atoms. The lowest BCUT2D eigenvalue weighted by atomic mass is 9.96. The number of aromatic nitrogens is 4. The fourth-order valence-electron chi connectivity index (χ4n) is 3.58. The van der Waals surface area contributed by atoms with Crippen LogP contribution in [0.5, 0.6) is 0 Å². The van der Waals surface area contributed by atoms with Crippen LogP contribution < -0.4 is 5.32 Å². The van der Waals surface area contributed by atoms with Gasteiger partial charge in [-0.05, 0) is 63.3 Å². The van der Waals surface area contributed by atoms with Crippen molar-refractivity contribution in [2.75, 3.05) is 25.5 Å². The molecule has 4 rings (SSSR count). The summed E-state index contributed by atoms with van der Waals surface area (Å²) in [5, 5.41) is 2.61. The van der Waals surface area contributed by atoms with Crippen LogP contribution in [-0.4, -0.2) is 50.9 Å². The quantitative estimate of drug-likeness (QED) is 0.708. The van der Waals surface area contributed by atoms with Crippen molar-refractivity contribution in [2.45, 2.75) is 25.7 Å². The summed E-state index contributed by atoms with van der Waals surface area (Å²) in [6.07, 6.45) is 3.64. The normalized spacial score (nSPS) is 15.4. The smallest absolute Gasteiger partial charge is 0.229 e. The Labute approximate surface area is 168 Å². The molecule has 0 aliphatic carbocycles. The number of aromatic amines is 1. The molecule has 1 fully saturated rings. The standard InChI is InChI=1S/C21H23FN6O/c1-13(29)24-21-23-10-7-17(25-21)19-18(14-3-5-16(22)6-4-14)26-20(27-19)15-8-11-28(2)12-9-15/h3-7,10,15H,8-9,11-12H2,1-2H3,(H,26,27)(H,23,24,25,29). The average molecular weight is 394 g/mol. The fourth-order valence-corrected chi connectivity index (χ4v) is 3.58. The zero-order valence-electron chi connectivity index (χ0n) is 16.4. The first-order valence-corrected chi connectivity index (χ1v) is 9.65. The second-order valence-electron chi connectivity index (χ2n) is 7.38. The molecule has 0 unspecified atom stereocenters. The van der Waals surface area contributed by atoms with Gasteiger partial charge in [0.25, 0.3) is 0 Å². The van der Waals surface area contributed by atoms with E-state index >= 15 is 0 Å². The average Bonchev–Trinajstić information content (AvgIpc) is 3.14. The molecular formula is C21H23FN6O. The highest BCUT2D eigenvalue weighted by molar-refractivity contribution is 5.87. The van der Waals surface area contributed by atoms with Gasteiger partial charge < -0.3 is 9.88 Å². The van der Waals surface area contributed by atoms with Crippen LogP contribution in [-0.2, 0) is 4.79 Å². The van der Waals surface area contributed by atoms with E-state index in [1.807, 2.05) is 0 Å². The predicted molar refractivity (Wildman–Crippen MR) is 109 cm³/mol. The molecule has 0 spiro atoms. The summed E-state index contributed by atoms with van der Waals surface area (Å²) in [5.74, 6) is 0.937. The van der Waals surface area contributed by atoms with Crippen LogP contribution >= 0.6 is 0 Å². The first-order chi connectivity index (χ1) is 14.0. The van der Waals surface area contributed by atoms with Crippen molar-refractivity contribution >= 4 is 11.9 Å². The molecular weight excluding hydrogens is 371 g/mol. The van der Waals surface area contributed by atoms with Gasteiger partial charge in [0.1, 0.15) is 11.6 Å². The summed E-state index contributed by atoms with van der Waals surface area (Å²) in [7, 11) is 2.12. The van der Waals surface area contributed by atoms with E-state index in [0.29, 0.717) is 17.3 Å². The molecule has 29 heavy (non-hydrogen) atoms. The highest BCUT2D eigenvalue weighted by atomic mass is 19.1. The van der Waals surface area contributed by atoms with E-state index in [-0.39, 0.29) is 17.7 Å². The summed E-state index contributed by atoms with van der Waals surface area (Å²) in [5.41, 5.74) is 2.87. The molecule has 3 aromatic rings. The molecule has 150 valence electrons. The van der Waals surface area contributed by atoms with Crippen LogP contribution in [0.25, 0.3) is 22.6 Å². The zero-order valence-corrected chi connectivity index (χ0v) is 16.4. The number of anilines is 1. The van der Waals surface area contributed by atoms with Crippen LogP contribution in [0, 0.1) is 5.82 Å². The molecule has 1 amide bonds.